The molecule has 1 heterocycles. The smallest absolute Gasteiger partial charge is 0.262 e. The molecule has 152 valence electrons. The number of rotatable bonds is 6. The van der Waals surface area contributed by atoms with E-state index in [-0.39, 0.29) is 12.7 Å². The van der Waals surface area contributed by atoms with E-state index in [0.717, 1.165) is 0 Å². The largest absolute Gasteiger partial charge is 0.454 e. The van der Waals surface area contributed by atoms with Crippen LogP contribution in [0, 0.1) is 5.92 Å². The first-order chi connectivity index (χ1) is 13.8. The van der Waals surface area contributed by atoms with Crippen molar-refractivity contribution in [2.45, 2.75) is 19.9 Å². The zero-order valence-corrected chi connectivity index (χ0v) is 17.3. The van der Waals surface area contributed by atoms with Gasteiger partial charge in [-0.15, -0.1) is 0 Å². The summed E-state index contributed by atoms with van der Waals surface area (Å²) >= 11 is 11.9. The van der Waals surface area contributed by atoms with Crippen LogP contribution in [-0.2, 0) is 4.79 Å². The Hall–Kier alpha value is -2.77. The fraction of sp³-hybridized carbons (Fsp3) is 0.250. The van der Waals surface area contributed by atoms with Crippen molar-refractivity contribution in [2.24, 2.45) is 11.0 Å². The van der Waals surface area contributed by atoms with E-state index in [1.807, 2.05) is 13.8 Å². The molecule has 2 amide bonds. The van der Waals surface area contributed by atoms with Crippen LogP contribution < -0.4 is 20.2 Å². The Kier molecular flexibility index (Phi) is 6.61. The Labute approximate surface area is 178 Å². The molecule has 1 atom stereocenters. The molecule has 0 aliphatic carbocycles. The molecule has 1 aliphatic heterocycles. The molecule has 2 aromatic carbocycles. The average molecular weight is 436 g/mol. The summed E-state index contributed by atoms with van der Waals surface area (Å²) in [5, 5.41) is 7.56. The zero-order valence-electron chi connectivity index (χ0n) is 15.7. The third-order valence-corrected chi connectivity index (χ3v) is 4.77. The Morgan fingerprint density at radius 1 is 1.10 bits per heavy atom. The minimum atomic E-state index is -0.786. The van der Waals surface area contributed by atoms with Crippen molar-refractivity contribution in [1.82, 2.24) is 10.7 Å². The van der Waals surface area contributed by atoms with Crippen molar-refractivity contribution in [3.8, 4) is 11.5 Å². The van der Waals surface area contributed by atoms with Crippen LogP contribution in [0.3, 0.4) is 0 Å². The highest BCUT2D eigenvalue weighted by atomic mass is 35.5. The van der Waals surface area contributed by atoms with Gasteiger partial charge in [0.15, 0.2) is 11.5 Å². The monoisotopic (exact) mass is 435 g/mol. The summed E-state index contributed by atoms with van der Waals surface area (Å²) in [5.74, 6) is 0.0575. The van der Waals surface area contributed by atoms with Crippen LogP contribution in [0.15, 0.2) is 41.5 Å². The number of hydrazone groups is 1. The van der Waals surface area contributed by atoms with Crippen LogP contribution in [0.1, 0.15) is 29.8 Å². The summed E-state index contributed by atoms with van der Waals surface area (Å²) in [7, 11) is 0. The maximum atomic E-state index is 12.6. The van der Waals surface area contributed by atoms with Crippen LogP contribution in [-0.4, -0.2) is 30.9 Å². The van der Waals surface area contributed by atoms with Crippen LogP contribution in [0.5, 0.6) is 11.5 Å². The second-order valence-corrected chi connectivity index (χ2v) is 7.51. The number of amides is 2. The van der Waals surface area contributed by atoms with Gasteiger partial charge in [0.05, 0.1) is 11.2 Å². The summed E-state index contributed by atoms with van der Waals surface area (Å²) in [4.78, 5) is 25.1. The molecule has 0 fully saturated rings. The molecule has 2 aromatic rings. The lowest BCUT2D eigenvalue weighted by Crippen LogP contribution is -2.48. The standard InChI is InChI=1S/C20H19Cl2N3O4/c1-11(2)18(20(27)25-23-9-13-3-5-14(21)8-15(13)22)24-19(26)12-4-6-16-17(7-12)29-10-28-16/h3-9,11,18H,10H2,1-2H3,(H,24,26)(H,25,27). The number of hydrogen-bond acceptors (Lipinski definition) is 5. The number of ether oxygens (including phenoxy) is 2. The third-order valence-electron chi connectivity index (χ3n) is 4.21. The van der Waals surface area contributed by atoms with Crippen molar-refractivity contribution in [3.63, 3.8) is 0 Å². The van der Waals surface area contributed by atoms with Gasteiger partial charge in [0.1, 0.15) is 6.04 Å². The van der Waals surface area contributed by atoms with E-state index < -0.39 is 17.9 Å². The lowest BCUT2D eigenvalue weighted by atomic mass is 10.0. The second-order valence-electron chi connectivity index (χ2n) is 6.66. The molecule has 0 saturated carbocycles. The lowest BCUT2D eigenvalue weighted by molar-refractivity contribution is -0.123. The number of benzene rings is 2. The van der Waals surface area contributed by atoms with Crippen molar-refractivity contribution < 1.29 is 19.1 Å². The Bertz CT molecular complexity index is 963. The van der Waals surface area contributed by atoms with Crippen molar-refractivity contribution in [3.05, 3.63) is 57.6 Å². The van der Waals surface area contributed by atoms with E-state index in [9.17, 15) is 9.59 Å². The Balaban J connectivity index is 1.64. The zero-order chi connectivity index (χ0) is 21.0. The molecular formula is C20H19Cl2N3O4. The minimum absolute atomic E-state index is 0.118. The molecule has 7 nitrogen and oxygen atoms in total. The summed E-state index contributed by atoms with van der Waals surface area (Å²) in [6.07, 6.45) is 1.41. The van der Waals surface area contributed by atoms with Gasteiger partial charge in [-0.05, 0) is 36.2 Å². The van der Waals surface area contributed by atoms with Gasteiger partial charge in [-0.3, -0.25) is 9.59 Å². The number of fused-ring (bicyclic) bond motifs is 1. The minimum Gasteiger partial charge on any atom is -0.454 e. The molecule has 1 unspecified atom stereocenters. The summed E-state index contributed by atoms with van der Waals surface area (Å²) in [6.45, 7) is 3.76. The first-order valence-corrected chi connectivity index (χ1v) is 9.59. The van der Waals surface area contributed by atoms with Gasteiger partial charge in [0.25, 0.3) is 11.8 Å². The molecule has 2 N–H and O–H groups in total. The molecule has 0 radical (unpaired) electrons. The van der Waals surface area contributed by atoms with E-state index in [0.29, 0.717) is 32.7 Å². The molecule has 0 aromatic heterocycles. The van der Waals surface area contributed by atoms with E-state index in [1.54, 1.807) is 36.4 Å². The molecule has 0 spiro atoms. The Morgan fingerprint density at radius 3 is 2.59 bits per heavy atom. The van der Waals surface area contributed by atoms with Crippen molar-refractivity contribution in [2.75, 3.05) is 6.79 Å². The summed E-state index contributed by atoms with van der Waals surface area (Å²) in [6, 6.07) is 8.98. The second kappa shape index (κ2) is 9.15. The maximum absolute atomic E-state index is 12.6. The van der Waals surface area contributed by atoms with E-state index in [4.69, 9.17) is 32.7 Å². The summed E-state index contributed by atoms with van der Waals surface area (Å²) in [5.41, 5.74) is 3.40. The molecule has 9 heteroatoms. The van der Waals surface area contributed by atoms with Gasteiger partial charge in [0.2, 0.25) is 6.79 Å². The molecule has 3 rings (SSSR count). The maximum Gasteiger partial charge on any atom is 0.262 e. The van der Waals surface area contributed by atoms with Gasteiger partial charge >= 0.3 is 0 Å². The van der Waals surface area contributed by atoms with E-state index in [1.165, 1.54) is 6.21 Å². The first kappa shape index (κ1) is 21.0. The SMILES string of the molecule is CC(C)C(NC(=O)c1ccc2c(c1)OCO2)C(=O)NN=Cc1ccc(Cl)cc1Cl. The topological polar surface area (TPSA) is 89.0 Å². The quantitative estimate of drug-likeness (QED) is 0.535. The number of nitrogens with zero attached hydrogens (tertiary/aromatic N) is 1. The van der Waals surface area contributed by atoms with Gasteiger partial charge in [-0.2, -0.15) is 5.10 Å². The number of hydrogen-bond donors (Lipinski definition) is 2. The van der Waals surface area contributed by atoms with Crippen LogP contribution in [0.2, 0.25) is 10.0 Å². The van der Waals surface area contributed by atoms with Crippen LogP contribution >= 0.6 is 23.2 Å². The van der Waals surface area contributed by atoms with Crippen LogP contribution in [0.4, 0.5) is 0 Å². The van der Waals surface area contributed by atoms with E-state index in [2.05, 4.69) is 15.8 Å². The first-order valence-electron chi connectivity index (χ1n) is 8.83. The highest BCUT2D eigenvalue weighted by molar-refractivity contribution is 6.36. The molecular weight excluding hydrogens is 417 g/mol. The van der Waals surface area contributed by atoms with Gasteiger partial charge in [-0.25, -0.2) is 5.43 Å². The van der Waals surface area contributed by atoms with Crippen LogP contribution in [0.25, 0.3) is 0 Å². The van der Waals surface area contributed by atoms with Gasteiger partial charge in [0, 0.05) is 16.1 Å². The summed E-state index contributed by atoms with van der Waals surface area (Å²) < 4.78 is 10.5. The molecule has 0 bridgehead atoms. The number of halogens is 2. The predicted molar refractivity (Wildman–Crippen MR) is 111 cm³/mol. The Morgan fingerprint density at radius 2 is 1.86 bits per heavy atom. The molecule has 0 saturated heterocycles. The van der Waals surface area contributed by atoms with E-state index >= 15 is 0 Å². The highest BCUT2D eigenvalue weighted by Crippen LogP contribution is 2.32. The van der Waals surface area contributed by atoms with Gasteiger partial charge < -0.3 is 14.8 Å². The van der Waals surface area contributed by atoms with Crippen molar-refractivity contribution in [1.29, 1.82) is 0 Å². The average Bonchev–Trinajstić information content (AvgIpc) is 3.15. The van der Waals surface area contributed by atoms with Gasteiger partial charge in [-0.1, -0.05) is 43.1 Å². The predicted octanol–water partition coefficient (Wildman–Crippen LogP) is 3.63. The fourth-order valence-corrected chi connectivity index (χ4v) is 3.10. The number of nitrogens with one attached hydrogen (secondary N) is 2. The lowest BCUT2D eigenvalue weighted by Gasteiger charge is -2.20. The molecule has 1 aliphatic rings. The fourth-order valence-electron chi connectivity index (χ4n) is 2.64. The third kappa shape index (κ3) is 5.19. The van der Waals surface area contributed by atoms with Crippen molar-refractivity contribution >= 4 is 41.2 Å². The highest BCUT2D eigenvalue weighted by Gasteiger charge is 2.25. The molecule has 29 heavy (non-hydrogen) atoms. The number of carbonyl (C=O) groups is 2. The number of carbonyl (C=O) groups excluding carboxylic acids is 2. The normalized spacial score (nSPS) is 13.6.